The fourth-order valence-electron chi connectivity index (χ4n) is 4.71. The largest absolute Gasteiger partial charge is 0.372 e. The summed E-state index contributed by atoms with van der Waals surface area (Å²) in [5, 5.41) is 0. The van der Waals surface area contributed by atoms with Crippen molar-refractivity contribution in [3.05, 3.63) is 144 Å². The maximum atomic E-state index is 6.61. The van der Waals surface area contributed by atoms with Crippen LogP contribution < -0.4 is 0 Å². The molecule has 5 rings (SSSR count). The first-order valence-electron chi connectivity index (χ1n) is 13.0. The number of benzene rings is 4. The molecule has 0 saturated carbocycles. The molecule has 0 aliphatic carbocycles. The van der Waals surface area contributed by atoms with Crippen molar-refractivity contribution in [1.29, 1.82) is 0 Å². The van der Waals surface area contributed by atoms with Crippen LogP contribution in [0, 0.1) is 0 Å². The highest BCUT2D eigenvalue weighted by molar-refractivity contribution is 5.18. The van der Waals surface area contributed by atoms with E-state index in [2.05, 4.69) is 60.7 Å². The number of hydrogen-bond acceptors (Lipinski definition) is 4. The second-order valence-corrected chi connectivity index (χ2v) is 9.42. The van der Waals surface area contributed by atoms with Crippen LogP contribution in [0.5, 0.6) is 0 Å². The van der Waals surface area contributed by atoms with E-state index < -0.39 is 0 Å². The van der Waals surface area contributed by atoms with Gasteiger partial charge in [-0.1, -0.05) is 121 Å². The van der Waals surface area contributed by atoms with E-state index in [4.69, 9.17) is 18.9 Å². The van der Waals surface area contributed by atoms with Crippen LogP contribution in [0.1, 0.15) is 22.3 Å². The summed E-state index contributed by atoms with van der Waals surface area (Å²) < 4.78 is 26.1. The predicted molar refractivity (Wildman–Crippen MR) is 145 cm³/mol. The van der Waals surface area contributed by atoms with E-state index in [0.717, 1.165) is 23.1 Å². The standard InChI is InChI=1S/C33H34O4/c1-5-13-26(14-6-1)21-30-32(36-23-28-17-9-3-10-18-28)33(37-24-29-19-11-4-12-20-29)31(25-35-30)34-22-27-15-7-2-8-16-27/h1-20,30-33H,21-25H2/t30-,31+,32-,33-/m0/s1. The van der Waals surface area contributed by atoms with Crippen molar-refractivity contribution >= 4 is 0 Å². The van der Waals surface area contributed by atoms with Crippen molar-refractivity contribution in [3.63, 3.8) is 0 Å². The number of rotatable bonds is 11. The van der Waals surface area contributed by atoms with Crippen molar-refractivity contribution in [2.75, 3.05) is 6.61 Å². The van der Waals surface area contributed by atoms with Crippen LogP contribution in [-0.2, 0) is 45.2 Å². The molecule has 0 radical (unpaired) electrons. The molecule has 0 bridgehead atoms. The second kappa shape index (κ2) is 13.3. The molecular formula is C33H34O4. The summed E-state index contributed by atoms with van der Waals surface area (Å²) in [5.74, 6) is 0. The minimum atomic E-state index is -0.293. The molecule has 1 aliphatic rings. The zero-order valence-electron chi connectivity index (χ0n) is 21.0. The van der Waals surface area contributed by atoms with Crippen molar-refractivity contribution in [3.8, 4) is 0 Å². The zero-order valence-corrected chi connectivity index (χ0v) is 21.0. The highest BCUT2D eigenvalue weighted by Crippen LogP contribution is 2.28. The zero-order chi connectivity index (χ0) is 25.1. The average Bonchev–Trinajstić information content (AvgIpc) is 2.97. The summed E-state index contributed by atoms with van der Waals surface area (Å²) in [7, 11) is 0. The van der Waals surface area contributed by atoms with Crippen molar-refractivity contribution in [2.24, 2.45) is 0 Å². The van der Waals surface area contributed by atoms with Crippen LogP contribution in [-0.4, -0.2) is 31.0 Å². The fraction of sp³-hybridized carbons (Fsp3) is 0.273. The normalized spacial score (nSPS) is 21.5. The Balaban J connectivity index is 1.37. The first-order chi connectivity index (χ1) is 18.3. The van der Waals surface area contributed by atoms with Crippen molar-refractivity contribution in [2.45, 2.75) is 50.7 Å². The Morgan fingerprint density at radius 2 is 0.892 bits per heavy atom. The van der Waals surface area contributed by atoms with E-state index in [0.29, 0.717) is 26.4 Å². The molecule has 0 unspecified atom stereocenters. The highest BCUT2D eigenvalue weighted by Gasteiger charge is 2.43. The molecule has 0 aromatic heterocycles. The molecule has 0 amide bonds. The smallest absolute Gasteiger partial charge is 0.115 e. The first-order valence-corrected chi connectivity index (χ1v) is 13.0. The van der Waals surface area contributed by atoms with Crippen molar-refractivity contribution in [1.82, 2.24) is 0 Å². The topological polar surface area (TPSA) is 36.9 Å². The average molecular weight is 495 g/mol. The van der Waals surface area contributed by atoms with Crippen molar-refractivity contribution < 1.29 is 18.9 Å². The highest BCUT2D eigenvalue weighted by atomic mass is 16.6. The van der Waals surface area contributed by atoms with E-state index in [-0.39, 0.29) is 24.4 Å². The van der Waals surface area contributed by atoms with E-state index in [9.17, 15) is 0 Å². The first kappa shape index (κ1) is 25.4. The minimum Gasteiger partial charge on any atom is -0.372 e. The summed E-state index contributed by atoms with van der Waals surface area (Å²) >= 11 is 0. The molecule has 4 aromatic carbocycles. The van der Waals surface area contributed by atoms with Gasteiger partial charge in [0, 0.05) is 6.42 Å². The quantitative estimate of drug-likeness (QED) is 0.242. The molecule has 190 valence electrons. The lowest BCUT2D eigenvalue weighted by Crippen LogP contribution is -2.56. The summed E-state index contributed by atoms with van der Waals surface area (Å²) in [4.78, 5) is 0. The molecule has 0 N–H and O–H groups in total. The second-order valence-electron chi connectivity index (χ2n) is 9.42. The summed E-state index contributed by atoms with van der Waals surface area (Å²) in [6.07, 6.45) is -0.231. The van der Waals surface area contributed by atoms with Crippen LogP contribution in [0.2, 0.25) is 0 Å². The molecule has 1 aliphatic heterocycles. The molecule has 1 heterocycles. The maximum absolute atomic E-state index is 6.61. The Kier molecular flexibility index (Phi) is 9.13. The minimum absolute atomic E-state index is 0.150. The van der Waals surface area contributed by atoms with Gasteiger partial charge in [0.05, 0.1) is 32.5 Å². The summed E-state index contributed by atoms with van der Waals surface area (Å²) in [6, 6.07) is 41.2. The molecular weight excluding hydrogens is 460 g/mol. The van der Waals surface area contributed by atoms with Gasteiger partial charge in [-0.25, -0.2) is 0 Å². The molecule has 1 saturated heterocycles. The fourth-order valence-corrected chi connectivity index (χ4v) is 4.71. The van der Waals surface area contributed by atoms with Gasteiger partial charge in [-0.15, -0.1) is 0 Å². The monoisotopic (exact) mass is 494 g/mol. The van der Waals surface area contributed by atoms with Gasteiger partial charge in [-0.2, -0.15) is 0 Å². The van der Waals surface area contributed by atoms with E-state index >= 15 is 0 Å². The van der Waals surface area contributed by atoms with Gasteiger partial charge >= 0.3 is 0 Å². The lowest BCUT2D eigenvalue weighted by atomic mass is 9.94. The van der Waals surface area contributed by atoms with Crippen LogP contribution in [0.15, 0.2) is 121 Å². The van der Waals surface area contributed by atoms with Gasteiger partial charge in [-0.05, 0) is 22.3 Å². The van der Waals surface area contributed by atoms with E-state index in [1.807, 2.05) is 60.7 Å². The number of ether oxygens (including phenoxy) is 4. The van der Waals surface area contributed by atoms with Gasteiger partial charge < -0.3 is 18.9 Å². The SMILES string of the molecule is c1ccc(CO[C@@H]2[C@@H](OCc3ccccc3)[C@H](OCc3ccccc3)CO[C@H]2Cc2ccccc2)cc1. The van der Waals surface area contributed by atoms with E-state index in [1.54, 1.807) is 0 Å². The molecule has 0 spiro atoms. The number of hydrogen-bond donors (Lipinski definition) is 0. The Labute approximate surface area is 219 Å². The third kappa shape index (κ3) is 7.37. The van der Waals surface area contributed by atoms with Crippen LogP contribution >= 0.6 is 0 Å². The molecule has 1 fully saturated rings. The van der Waals surface area contributed by atoms with E-state index in [1.165, 1.54) is 5.56 Å². The Hall–Kier alpha value is -3.28. The van der Waals surface area contributed by atoms with Gasteiger partial charge in [0.1, 0.15) is 18.3 Å². The Bertz CT molecular complexity index is 1170. The maximum Gasteiger partial charge on any atom is 0.115 e. The van der Waals surface area contributed by atoms with Gasteiger partial charge in [0.2, 0.25) is 0 Å². The summed E-state index contributed by atoms with van der Waals surface area (Å²) in [5.41, 5.74) is 4.58. The van der Waals surface area contributed by atoms with Crippen LogP contribution in [0.25, 0.3) is 0 Å². The molecule has 4 atom stereocenters. The predicted octanol–water partition coefficient (Wildman–Crippen LogP) is 6.38. The van der Waals surface area contributed by atoms with Crippen LogP contribution in [0.3, 0.4) is 0 Å². The van der Waals surface area contributed by atoms with Gasteiger partial charge in [0.15, 0.2) is 0 Å². The summed E-state index contributed by atoms with van der Waals surface area (Å²) in [6.45, 7) is 1.92. The Morgan fingerprint density at radius 1 is 0.486 bits per heavy atom. The molecule has 4 heteroatoms. The third-order valence-corrected chi connectivity index (χ3v) is 6.69. The lowest BCUT2D eigenvalue weighted by molar-refractivity contribution is -0.237. The molecule has 4 nitrogen and oxygen atoms in total. The lowest BCUT2D eigenvalue weighted by Gasteiger charge is -2.42. The van der Waals surface area contributed by atoms with Gasteiger partial charge in [-0.3, -0.25) is 0 Å². The molecule has 37 heavy (non-hydrogen) atoms. The van der Waals surface area contributed by atoms with Gasteiger partial charge in [0.25, 0.3) is 0 Å². The Morgan fingerprint density at radius 3 is 1.38 bits per heavy atom. The third-order valence-electron chi connectivity index (χ3n) is 6.69. The van der Waals surface area contributed by atoms with Crippen LogP contribution in [0.4, 0.5) is 0 Å². The molecule has 4 aromatic rings.